The lowest BCUT2D eigenvalue weighted by atomic mass is 10.0. The number of H-pyrrole nitrogens is 1. The molecule has 0 aromatic carbocycles. The van der Waals surface area contributed by atoms with Crippen LogP contribution in [-0.2, 0) is 16.4 Å². The highest BCUT2D eigenvalue weighted by molar-refractivity contribution is 7.89. The van der Waals surface area contributed by atoms with Gasteiger partial charge in [0.25, 0.3) is 5.91 Å². The van der Waals surface area contributed by atoms with Crippen molar-refractivity contribution >= 4 is 15.9 Å². The average Bonchev–Trinajstić information content (AvgIpc) is 2.80. The summed E-state index contributed by atoms with van der Waals surface area (Å²) in [5, 5.41) is 14.3. The minimum atomic E-state index is -3.99. The average molecular weight is 316 g/mol. The van der Waals surface area contributed by atoms with E-state index in [-0.39, 0.29) is 16.6 Å². The summed E-state index contributed by atoms with van der Waals surface area (Å²) >= 11 is 0. The van der Waals surface area contributed by atoms with E-state index in [9.17, 15) is 13.2 Å². The fourth-order valence-electron chi connectivity index (χ4n) is 2.02. The maximum atomic E-state index is 12.2. The van der Waals surface area contributed by atoms with Crippen molar-refractivity contribution < 1.29 is 13.2 Å². The number of carbonyl (C=O) groups excluding carboxylic acids is 1. The zero-order valence-corrected chi connectivity index (χ0v) is 13.8. The molecule has 1 aromatic rings. The number of aromatic amines is 1. The quantitative estimate of drug-likeness (QED) is 0.699. The molecule has 1 rings (SSSR count). The van der Waals surface area contributed by atoms with Crippen LogP contribution in [0.5, 0.6) is 0 Å². The standard InChI is InChI=1S/C13H24N4O3S/c1-5-10-12(21(14,19)20)11(17-16-10)13(18)15-9(4)7-6-8(2)3/h8-9H,5-7H2,1-4H3,(H,15,18)(H,16,17)(H2,14,19,20). The maximum absolute atomic E-state index is 12.2. The van der Waals surface area contributed by atoms with Crippen LogP contribution >= 0.6 is 0 Å². The number of aryl methyl sites for hydroxylation is 1. The Morgan fingerprint density at radius 3 is 2.43 bits per heavy atom. The van der Waals surface area contributed by atoms with Gasteiger partial charge in [0, 0.05) is 6.04 Å². The van der Waals surface area contributed by atoms with E-state index in [4.69, 9.17) is 5.14 Å². The van der Waals surface area contributed by atoms with Crippen LogP contribution in [0.4, 0.5) is 0 Å². The van der Waals surface area contributed by atoms with E-state index in [0.717, 1.165) is 12.8 Å². The first-order valence-electron chi connectivity index (χ1n) is 7.07. The Labute approximate surface area is 125 Å². The van der Waals surface area contributed by atoms with Gasteiger partial charge in [-0.25, -0.2) is 13.6 Å². The van der Waals surface area contributed by atoms with Gasteiger partial charge in [-0.15, -0.1) is 0 Å². The van der Waals surface area contributed by atoms with Crippen LogP contribution in [0, 0.1) is 5.92 Å². The van der Waals surface area contributed by atoms with Gasteiger partial charge in [-0.05, 0) is 32.1 Å². The van der Waals surface area contributed by atoms with Crippen molar-refractivity contribution in [3.8, 4) is 0 Å². The van der Waals surface area contributed by atoms with Gasteiger partial charge < -0.3 is 5.32 Å². The summed E-state index contributed by atoms with van der Waals surface area (Å²) in [6.45, 7) is 7.85. The molecule has 1 amide bonds. The smallest absolute Gasteiger partial charge is 0.273 e. The molecular weight excluding hydrogens is 292 g/mol. The van der Waals surface area contributed by atoms with Crippen molar-refractivity contribution in [2.75, 3.05) is 0 Å². The Bertz CT molecular complexity index is 593. The van der Waals surface area contributed by atoms with E-state index >= 15 is 0 Å². The summed E-state index contributed by atoms with van der Waals surface area (Å²) in [6, 6.07) is -0.0602. The third-order valence-corrected chi connectivity index (χ3v) is 4.21. The monoisotopic (exact) mass is 316 g/mol. The lowest BCUT2D eigenvalue weighted by Crippen LogP contribution is -2.34. The van der Waals surface area contributed by atoms with Crippen molar-refractivity contribution in [1.82, 2.24) is 15.5 Å². The van der Waals surface area contributed by atoms with Crippen LogP contribution < -0.4 is 10.5 Å². The summed E-state index contributed by atoms with van der Waals surface area (Å²) < 4.78 is 23.3. The molecule has 0 bridgehead atoms. The van der Waals surface area contributed by atoms with E-state index in [1.54, 1.807) is 6.92 Å². The number of carbonyl (C=O) groups is 1. The Morgan fingerprint density at radius 2 is 1.95 bits per heavy atom. The highest BCUT2D eigenvalue weighted by atomic mass is 32.2. The molecule has 8 heteroatoms. The van der Waals surface area contributed by atoms with Crippen LogP contribution in [0.15, 0.2) is 4.90 Å². The molecule has 0 aliphatic rings. The van der Waals surface area contributed by atoms with Crippen molar-refractivity contribution in [2.24, 2.45) is 11.1 Å². The summed E-state index contributed by atoms with van der Waals surface area (Å²) in [5.74, 6) is 0.0210. The molecular formula is C13H24N4O3S. The Balaban J connectivity index is 2.91. The van der Waals surface area contributed by atoms with Gasteiger partial charge in [0.2, 0.25) is 10.0 Å². The topological polar surface area (TPSA) is 118 Å². The van der Waals surface area contributed by atoms with Crippen LogP contribution in [0.25, 0.3) is 0 Å². The second-order valence-electron chi connectivity index (χ2n) is 5.62. The van der Waals surface area contributed by atoms with E-state index in [0.29, 0.717) is 18.0 Å². The number of sulfonamides is 1. The number of amides is 1. The van der Waals surface area contributed by atoms with Gasteiger partial charge in [-0.2, -0.15) is 5.10 Å². The Hall–Kier alpha value is -1.41. The molecule has 4 N–H and O–H groups in total. The van der Waals surface area contributed by atoms with Crippen molar-refractivity contribution in [2.45, 2.75) is 57.9 Å². The molecule has 0 saturated heterocycles. The predicted octanol–water partition coefficient (Wildman–Crippen LogP) is 1.17. The number of primary sulfonamides is 1. The van der Waals surface area contributed by atoms with Crippen molar-refractivity contribution in [3.63, 3.8) is 0 Å². The van der Waals surface area contributed by atoms with E-state index in [2.05, 4.69) is 29.4 Å². The van der Waals surface area contributed by atoms with E-state index in [1.807, 2.05) is 6.92 Å². The fourth-order valence-corrected chi connectivity index (χ4v) is 2.96. The number of hydrogen-bond donors (Lipinski definition) is 3. The maximum Gasteiger partial charge on any atom is 0.273 e. The number of nitrogens with one attached hydrogen (secondary N) is 2. The zero-order chi connectivity index (χ0) is 16.2. The lowest BCUT2D eigenvalue weighted by Gasteiger charge is -2.14. The van der Waals surface area contributed by atoms with Gasteiger partial charge >= 0.3 is 0 Å². The number of nitrogens with two attached hydrogens (primary N) is 1. The van der Waals surface area contributed by atoms with Crippen LogP contribution in [-0.4, -0.2) is 30.6 Å². The molecule has 1 heterocycles. The van der Waals surface area contributed by atoms with Crippen LogP contribution in [0.3, 0.4) is 0 Å². The highest BCUT2D eigenvalue weighted by Gasteiger charge is 2.27. The SMILES string of the molecule is CCc1[nH]nc(C(=O)NC(C)CCC(C)C)c1S(N)(=O)=O. The molecule has 7 nitrogen and oxygen atoms in total. The predicted molar refractivity (Wildman–Crippen MR) is 80.3 cm³/mol. The number of aromatic nitrogens is 2. The normalized spacial score (nSPS) is 13.4. The molecule has 0 aliphatic heterocycles. The number of rotatable bonds is 7. The zero-order valence-electron chi connectivity index (χ0n) is 12.9. The summed E-state index contributed by atoms with van der Waals surface area (Å²) in [4.78, 5) is 12.0. The molecule has 1 atom stereocenters. The van der Waals surface area contributed by atoms with Gasteiger partial charge in [0.05, 0.1) is 5.69 Å². The minimum absolute atomic E-state index is 0.0602. The van der Waals surface area contributed by atoms with Gasteiger partial charge in [0.15, 0.2) is 5.69 Å². The summed E-state index contributed by atoms with van der Waals surface area (Å²) in [6.07, 6.45) is 2.19. The number of nitrogens with zero attached hydrogens (tertiary/aromatic N) is 1. The highest BCUT2D eigenvalue weighted by Crippen LogP contribution is 2.17. The molecule has 21 heavy (non-hydrogen) atoms. The van der Waals surface area contributed by atoms with Gasteiger partial charge in [-0.3, -0.25) is 9.89 Å². The molecule has 120 valence electrons. The molecule has 1 unspecified atom stereocenters. The largest absolute Gasteiger partial charge is 0.348 e. The third kappa shape index (κ3) is 4.82. The summed E-state index contributed by atoms with van der Waals surface area (Å²) in [7, 11) is -3.99. The second kappa shape index (κ2) is 7.04. The first kappa shape index (κ1) is 17.6. The van der Waals surface area contributed by atoms with Crippen molar-refractivity contribution in [1.29, 1.82) is 0 Å². The van der Waals surface area contributed by atoms with Gasteiger partial charge in [0.1, 0.15) is 4.90 Å². The fraction of sp³-hybridized carbons (Fsp3) is 0.692. The molecule has 0 spiro atoms. The van der Waals surface area contributed by atoms with E-state index in [1.165, 1.54) is 0 Å². The van der Waals surface area contributed by atoms with Crippen LogP contribution in [0.2, 0.25) is 0 Å². The molecule has 0 radical (unpaired) electrons. The Morgan fingerprint density at radius 1 is 1.33 bits per heavy atom. The van der Waals surface area contributed by atoms with Gasteiger partial charge in [-0.1, -0.05) is 20.8 Å². The van der Waals surface area contributed by atoms with Crippen LogP contribution in [0.1, 0.15) is 56.7 Å². The molecule has 1 aromatic heterocycles. The van der Waals surface area contributed by atoms with E-state index < -0.39 is 15.9 Å². The molecule has 0 saturated carbocycles. The van der Waals surface area contributed by atoms with Crippen molar-refractivity contribution in [3.05, 3.63) is 11.4 Å². The molecule has 0 aliphatic carbocycles. The second-order valence-corrected chi connectivity index (χ2v) is 7.12. The first-order chi connectivity index (χ1) is 9.66. The third-order valence-electron chi connectivity index (χ3n) is 3.20. The summed E-state index contributed by atoms with van der Waals surface area (Å²) in [5.41, 5.74) is 0.184. The molecule has 0 fully saturated rings. The Kier molecular flexibility index (Phi) is 5.91. The first-order valence-corrected chi connectivity index (χ1v) is 8.62. The minimum Gasteiger partial charge on any atom is -0.348 e. The number of hydrogen-bond acceptors (Lipinski definition) is 4. The lowest BCUT2D eigenvalue weighted by molar-refractivity contribution is 0.0928.